The molecule has 4 heteroatoms. The van der Waals surface area contributed by atoms with Crippen molar-refractivity contribution in [3.8, 4) is 11.1 Å². The standard InChI is InChI=1S/C24H27NO3/c26-23(25-14-5-7-17(15-25)24(27)12-6-13-24)28-16-22-20-10-3-1-8-18(20)19-9-2-4-11-21(19)22/h1-4,8-11,17,22,27H,5-7,12-16H2. The minimum atomic E-state index is -0.553. The number of ether oxygens (including phenoxy) is 1. The van der Waals surface area contributed by atoms with Gasteiger partial charge in [-0.2, -0.15) is 0 Å². The number of hydrogen-bond donors (Lipinski definition) is 1. The van der Waals surface area contributed by atoms with Crippen molar-refractivity contribution in [2.45, 2.75) is 43.6 Å². The molecule has 3 aliphatic rings. The number of likely N-dealkylation sites (tertiary alicyclic amines) is 1. The topological polar surface area (TPSA) is 49.8 Å². The normalized spacial score (nSPS) is 22.9. The molecule has 1 aliphatic heterocycles. The van der Waals surface area contributed by atoms with Gasteiger partial charge in [-0.15, -0.1) is 0 Å². The predicted octanol–water partition coefficient (Wildman–Crippen LogP) is 4.56. The van der Waals surface area contributed by atoms with Gasteiger partial charge in [0.05, 0.1) is 5.60 Å². The van der Waals surface area contributed by atoms with Crippen LogP contribution in [0.25, 0.3) is 11.1 Å². The Labute approximate surface area is 166 Å². The van der Waals surface area contributed by atoms with Gasteiger partial charge in [0.25, 0.3) is 0 Å². The van der Waals surface area contributed by atoms with Crippen LogP contribution in [0.1, 0.15) is 49.1 Å². The molecule has 28 heavy (non-hydrogen) atoms. The number of amides is 1. The van der Waals surface area contributed by atoms with Crippen LogP contribution in [0, 0.1) is 5.92 Å². The first-order valence-corrected chi connectivity index (χ1v) is 10.5. The summed E-state index contributed by atoms with van der Waals surface area (Å²) in [6.45, 7) is 1.70. The molecule has 1 atom stereocenters. The smallest absolute Gasteiger partial charge is 0.409 e. The van der Waals surface area contributed by atoms with Gasteiger partial charge in [-0.1, -0.05) is 48.5 Å². The van der Waals surface area contributed by atoms with Gasteiger partial charge in [-0.05, 0) is 54.4 Å². The third-order valence-electron chi connectivity index (χ3n) is 6.99. The summed E-state index contributed by atoms with van der Waals surface area (Å²) in [5, 5.41) is 10.7. The molecule has 4 nitrogen and oxygen atoms in total. The van der Waals surface area contributed by atoms with E-state index in [9.17, 15) is 9.90 Å². The lowest BCUT2D eigenvalue weighted by molar-refractivity contribution is -0.101. The van der Waals surface area contributed by atoms with Crippen LogP contribution in [-0.2, 0) is 4.74 Å². The molecule has 2 fully saturated rings. The van der Waals surface area contributed by atoms with Crippen molar-refractivity contribution in [2.75, 3.05) is 19.7 Å². The van der Waals surface area contributed by atoms with E-state index in [2.05, 4.69) is 36.4 Å². The maximum atomic E-state index is 12.8. The lowest BCUT2D eigenvalue weighted by atomic mass is 9.68. The molecule has 5 rings (SSSR count). The molecule has 2 aliphatic carbocycles. The van der Waals surface area contributed by atoms with E-state index in [4.69, 9.17) is 4.74 Å². The molecule has 1 heterocycles. The Hall–Kier alpha value is -2.33. The Morgan fingerprint density at radius 3 is 2.29 bits per heavy atom. The van der Waals surface area contributed by atoms with Gasteiger partial charge in [0.15, 0.2) is 0 Å². The highest BCUT2D eigenvalue weighted by atomic mass is 16.6. The quantitative estimate of drug-likeness (QED) is 0.853. The number of carbonyl (C=O) groups is 1. The van der Waals surface area contributed by atoms with Crippen molar-refractivity contribution in [3.05, 3.63) is 59.7 Å². The first-order valence-electron chi connectivity index (χ1n) is 10.5. The minimum absolute atomic E-state index is 0.0905. The van der Waals surface area contributed by atoms with Gasteiger partial charge in [-0.3, -0.25) is 0 Å². The number of rotatable bonds is 3. The van der Waals surface area contributed by atoms with Gasteiger partial charge in [0.1, 0.15) is 6.61 Å². The van der Waals surface area contributed by atoms with E-state index in [-0.39, 0.29) is 17.9 Å². The largest absolute Gasteiger partial charge is 0.448 e. The van der Waals surface area contributed by atoms with Crippen molar-refractivity contribution in [1.82, 2.24) is 4.90 Å². The van der Waals surface area contributed by atoms with Crippen LogP contribution in [0.4, 0.5) is 4.79 Å². The second kappa shape index (κ2) is 6.93. The lowest BCUT2D eigenvalue weighted by Crippen LogP contribution is -2.52. The Kier molecular flexibility index (Phi) is 4.39. The maximum absolute atomic E-state index is 12.8. The van der Waals surface area contributed by atoms with Crippen molar-refractivity contribution in [3.63, 3.8) is 0 Å². The number of carbonyl (C=O) groups excluding carboxylic acids is 1. The zero-order valence-corrected chi connectivity index (χ0v) is 16.1. The van der Waals surface area contributed by atoms with Crippen LogP contribution in [0.15, 0.2) is 48.5 Å². The number of benzene rings is 2. The van der Waals surface area contributed by atoms with E-state index in [1.165, 1.54) is 22.3 Å². The molecule has 0 aromatic heterocycles. The van der Waals surface area contributed by atoms with Crippen LogP contribution in [0.5, 0.6) is 0 Å². The van der Waals surface area contributed by atoms with E-state index in [0.717, 1.165) is 38.6 Å². The third-order valence-corrected chi connectivity index (χ3v) is 6.99. The molecule has 1 amide bonds. The van der Waals surface area contributed by atoms with Crippen molar-refractivity contribution in [1.29, 1.82) is 0 Å². The molecular weight excluding hydrogens is 350 g/mol. The van der Waals surface area contributed by atoms with Gasteiger partial charge < -0.3 is 14.7 Å². The van der Waals surface area contributed by atoms with Crippen molar-refractivity contribution in [2.24, 2.45) is 5.92 Å². The number of hydrogen-bond acceptors (Lipinski definition) is 3. The Morgan fingerprint density at radius 1 is 1.04 bits per heavy atom. The molecule has 0 spiro atoms. The highest BCUT2D eigenvalue weighted by molar-refractivity contribution is 5.79. The summed E-state index contributed by atoms with van der Waals surface area (Å²) in [7, 11) is 0. The molecule has 0 radical (unpaired) electrons. The maximum Gasteiger partial charge on any atom is 0.409 e. The molecule has 2 aromatic carbocycles. The number of fused-ring (bicyclic) bond motifs is 3. The summed E-state index contributed by atoms with van der Waals surface area (Å²) in [5.41, 5.74) is 4.39. The van der Waals surface area contributed by atoms with Gasteiger partial charge in [0.2, 0.25) is 0 Å². The third kappa shape index (κ3) is 2.91. The second-order valence-electron chi connectivity index (χ2n) is 8.55. The van der Waals surface area contributed by atoms with Crippen LogP contribution in [-0.4, -0.2) is 41.4 Å². The zero-order chi connectivity index (χ0) is 19.1. The Balaban J connectivity index is 1.28. The number of piperidine rings is 1. The SMILES string of the molecule is O=C(OCC1c2ccccc2-c2ccccc21)N1CCCC(C2(O)CCC2)C1. The predicted molar refractivity (Wildman–Crippen MR) is 108 cm³/mol. The summed E-state index contributed by atoms with van der Waals surface area (Å²) in [6.07, 6.45) is 4.54. The van der Waals surface area contributed by atoms with E-state index in [1.807, 2.05) is 12.1 Å². The summed E-state index contributed by atoms with van der Waals surface area (Å²) in [4.78, 5) is 14.6. The highest BCUT2D eigenvalue weighted by Gasteiger charge is 2.44. The Bertz CT molecular complexity index is 843. The second-order valence-corrected chi connectivity index (χ2v) is 8.55. The van der Waals surface area contributed by atoms with Crippen LogP contribution >= 0.6 is 0 Å². The van der Waals surface area contributed by atoms with Crippen molar-refractivity contribution < 1.29 is 14.6 Å². The fourth-order valence-electron chi connectivity index (χ4n) is 5.21. The zero-order valence-electron chi connectivity index (χ0n) is 16.1. The minimum Gasteiger partial charge on any atom is -0.448 e. The van der Waals surface area contributed by atoms with Crippen molar-refractivity contribution >= 4 is 6.09 Å². The fourth-order valence-corrected chi connectivity index (χ4v) is 5.21. The number of aliphatic hydroxyl groups is 1. The first kappa shape index (κ1) is 17.7. The molecule has 1 N–H and O–H groups in total. The molecule has 1 unspecified atom stereocenters. The summed E-state index contributed by atoms with van der Waals surface area (Å²) in [5.74, 6) is 0.281. The van der Waals surface area contributed by atoms with Crippen LogP contribution in [0.3, 0.4) is 0 Å². The molecule has 0 bridgehead atoms. The van der Waals surface area contributed by atoms with Crippen LogP contribution in [0.2, 0.25) is 0 Å². The molecule has 2 aromatic rings. The first-order chi connectivity index (χ1) is 13.7. The van der Waals surface area contributed by atoms with E-state index in [1.54, 1.807) is 4.90 Å². The monoisotopic (exact) mass is 377 g/mol. The summed E-state index contributed by atoms with van der Waals surface area (Å²) < 4.78 is 5.80. The highest BCUT2D eigenvalue weighted by Crippen LogP contribution is 2.45. The molecule has 1 saturated heterocycles. The van der Waals surface area contributed by atoms with Gasteiger partial charge >= 0.3 is 6.09 Å². The Morgan fingerprint density at radius 2 is 1.68 bits per heavy atom. The molecule has 146 valence electrons. The average molecular weight is 377 g/mol. The van der Waals surface area contributed by atoms with Gasteiger partial charge in [0, 0.05) is 24.9 Å². The lowest BCUT2D eigenvalue weighted by Gasteiger charge is -2.47. The van der Waals surface area contributed by atoms with E-state index < -0.39 is 5.60 Å². The fraction of sp³-hybridized carbons (Fsp3) is 0.458. The van der Waals surface area contributed by atoms with Gasteiger partial charge in [-0.25, -0.2) is 4.79 Å². The summed E-state index contributed by atoms with van der Waals surface area (Å²) in [6, 6.07) is 16.8. The van der Waals surface area contributed by atoms with E-state index in [0.29, 0.717) is 13.2 Å². The molecular formula is C24H27NO3. The number of nitrogens with zero attached hydrogens (tertiary/aromatic N) is 1. The van der Waals surface area contributed by atoms with Crippen LogP contribution < -0.4 is 0 Å². The average Bonchev–Trinajstić information content (AvgIpc) is 3.04. The van der Waals surface area contributed by atoms with E-state index >= 15 is 0 Å². The molecule has 1 saturated carbocycles. The summed E-state index contributed by atoms with van der Waals surface area (Å²) >= 11 is 0.